The molecule has 0 fully saturated rings. The summed E-state index contributed by atoms with van der Waals surface area (Å²) in [7, 11) is 0. The third kappa shape index (κ3) is 3.19. The lowest BCUT2D eigenvalue weighted by Gasteiger charge is -2.09. The van der Waals surface area contributed by atoms with E-state index in [9.17, 15) is 4.79 Å². The quantitative estimate of drug-likeness (QED) is 0.585. The zero-order chi connectivity index (χ0) is 19.0. The fourth-order valence-electron chi connectivity index (χ4n) is 3.22. The van der Waals surface area contributed by atoms with E-state index in [1.54, 1.807) is 35.6 Å². The number of aryl methyl sites for hydroxylation is 3. The number of rotatable bonds is 4. The molecule has 0 bridgehead atoms. The molecule has 1 amide bonds. The van der Waals surface area contributed by atoms with Crippen LogP contribution in [-0.4, -0.2) is 30.6 Å². The van der Waals surface area contributed by atoms with E-state index in [1.807, 2.05) is 0 Å². The van der Waals surface area contributed by atoms with Crippen LogP contribution in [0.25, 0.3) is 16.7 Å². The molecular weight excluding hydrogens is 340 g/mol. The van der Waals surface area contributed by atoms with Gasteiger partial charge in [-0.1, -0.05) is 11.6 Å². The maximum Gasteiger partial charge on any atom is 0.251 e. The molecule has 4 rings (SSSR count). The highest BCUT2D eigenvalue weighted by Crippen LogP contribution is 2.26. The van der Waals surface area contributed by atoms with Gasteiger partial charge in [-0.2, -0.15) is 0 Å². The van der Waals surface area contributed by atoms with Gasteiger partial charge in [-0.15, -0.1) is 10.2 Å². The van der Waals surface area contributed by atoms with Crippen LogP contribution in [0.2, 0.25) is 0 Å². The van der Waals surface area contributed by atoms with E-state index < -0.39 is 0 Å². The standard InChI is InChI=1S/C20H20N6O/c1-12-6-16(19-17(7-12)13(2)14(3)25-19)9-22-20(27)15-4-5-21-18(8-15)26-10-23-24-11-26/h4-8,10-11,25H,9H2,1-3H3,(H,22,27). The van der Waals surface area contributed by atoms with Gasteiger partial charge in [-0.25, -0.2) is 4.98 Å². The molecule has 0 spiro atoms. The number of hydrogen-bond donors (Lipinski definition) is 2. The number of carbonyl (C=O) groups is 1. The summed E-state index contributed by atoms with van der Waals surface area (Å²) in [6, 6.07) is 7.69. The van der Waals surface area contributed by atoms with Crippen molar-refractivity contribution in [2.24, 2.45) is 0 Å². The van der Waals surface area contributed by atoms with E-state index >= 15 is 0 Å². The summed E-state index contributed by atoms with van der Waals surface area (Å²) in [4.78, 5) is 20.3. The highest BCUT2D eigenvalue weighted by atomic mass is 16.1. The topological polar surface area (TPSA) is 88.5 Å². The van der Waals surface area contributed by atoms with Gasteiger partial charge < -0.3 is 10.3 Å². The predicted molar refractivity (Wildman–Crippen MR) is 103 cm³/mol. The van der Waals surface area contributed by atoms with Gasteiger partial charge in [-0.3, -0.25) is 9.36 Å². The first kappa shape index (κ1) is 17.0. The number of pyridine rings is 1. The first-order chi connectivity index (χ1) is 13.0. The molecule has 0 aliphatic rings. The molecule has 1 aromatic carbocycles. The van der Waals surface area contributed by atoms with Gasteiger partial charge in [0.25, 0.3) is 5.91 Å². The number of amides is 1. The largest absolute Gasteiger partial charge is 0.358 e. The van der Waals surface area contributed by atoms with Crippen LogP contribution in [0.5, 0.6) is 0 Å². The molecule has 136 valence electrons. The zero-order valence-corrected chi connectivity index (χ0v) is 15.4. The second kappa shape index (κ2) is 6.68. The summed E-state index contributed by atoms with van der Waals surface area (Å²) in [5.74, 6) is 0.447. The number of nitrogens with zero attached hydrogens (tertiary/aromatic N) is 4. The number of aromatic amines is 1. The minimum atomic E-state index is -0.151. The number of aromatic nitrogens is 5. The third-order valence-corrected chi connectivity index (χ3v) is 4.77. The lowest BCUT2D eigenvalue weighted by Crippen LogP contribution is -2.23. The number of fused-ring (bicyclic) bond motifs is 1. The van der Waals surface area contributed by atoms with Gasteiger partial charge in [0.2, 0.25) is 0 Å². The highest BCUT2D eigenvalue weighted by molar-refractivity contribution is 5.95. The Balaban J connectivity index is 1.58. The van der Waals surface area contributed by atoms with E-state index in [4.69, 9.17) is 0 Å². The molecule has 27 heavy (non-hydrogen) atoms. The number of H-pyrrole nitrogens is 1. The molecule has 0 atom stereocenters. The summed E-state index contributed by atoms with van der Waals surface area (Å²) < 4.78 is 1.66. The fraction of sp³-hybridized carbons (Fsp3) is 0.200. The van der Waals surface area contributed by atoms with Gasteiger partial charge in [0.05, 0.1) is 5.52 Å². The molecule has 0 saturated heterocycles. The van der Waals surface area contributed by atoms with Gasteiger partial charge in [0, 0.05) is 29.4 Å². The Morgan fingerprint density at radius 3 is 2.70 bits per heavy atom. The van der Waals surface area contributed by atoms with E-state index in [2.05, 4.69) is 58.4 Å². The zero-order valence-electron chi connectivity index (χ0n) is 15.4. The summed E-state index contributed by atoms with van der Waals surface area (Å²) in [5, 5.41) is 11.7. The maximum absolute atomic E-state index is 12.6. The molecule has 4 aromatic rings. The van der Waals surface area contributed by atoms with E-state index in [1.165, 1.54) is 16.5 Å². The summed E-state index contributed by atoms with van der Waals surface area (Å²) in [6.07, 6.45) is 4.69. The number of carbonyl (C=O) groups excluding carboxylic acids is 1. The Bertz CT molecular complexity index is 1130. The van der Waals surface area contributed by atoms with Crippen molar-refractivity contribution in [2.45, 2.75) is 27.3 Å². The molecule has 0 unspecified atom stereocenters. The number of hydrogen-bond acceptors (Lipinski definition) is 4. The molecule has 0 radical (unpaired) electrons. The highest BCUT2D eigenvalue weighted by Gasteiger charge is 2.12. The molecule has 0 aliphatic carbocycles. The summed E-state index contributed by atoms with van der Waals surface area (Å²) in [6.45, 7) is 6.69. The Hall–Kier alpha value is -3.48. The first-order valence-electron chi connectivity index (χ1n) is 8.70. The first-order valence-corrected chi connectivity index (χ1v) is 8.70. The van der Waals surface area contributed by atoms with Crippen molar-refractivity contribution >= 4 is 16.8 Å². The molecule has 2 N–H and O–H groups in total. The second-order valence-corrected chi connectivity index (χ2v) is 6.68. The van der Waals surface area contributed by atoms with Gasteiger partial charge >= 0.3 is 0 Å². The average molecular weight is 360 g/mol. The van der Waals surface area contributed by atoms with Crippen molar-refractivity contribution in [2.75, 3.05) is 0 Å². The van der Waals surface area contributed by atoms with Crippen molar-refractivity contribution < 1.29 is 4.79 Å². The smallest absolute Gasteiger partial charge is 0.251 e. The van der Waals surface area contributed by atoms with Gasteiger partial charge in [0.1, 0.15) is 18.5 Å². The lowest BCUT2D eigenvalue weighted by molar-refractivity contribution is 0.0951. The van der Waals surface area contributed by atoms with E-state index in [-0.39, 0.29) is 5.91 Å². The minimum Gasteiger partial charge on any atom is -0.358 e. The fourth-order valence-corrected chi connectivity index (χ4v) is 3.22. The van der Waals surface area contributed by atoms with Crippen LogP contribution in [-0.2, 0) is 6.54 Å². The lowest BCUT2D eigenvalue weighted by atomic mass is 10.0. The van der Waals surface area contributed by atoms with Gasteiger partial charge in [-0.05, 0) is 50.1 Å². The van der Waals surface area contributed by atoms with E-state index in [0.29, 0.717) is 17.9 Å². The molecule has 7 heteroatoms. The molecule has 0 saturated carbocycles. The molecule has 7 nitrogen and oxygen atoms in total. The minimum absolute atomic E-state index is 0.151. The van der Waals surface area contributed by atoms with Crippen LogP contribution in [0.4, 0.5) is 0 Å². The summed E-state index contributed by atoms with van der Waals surface area (Å²) in [5.41, 5.74) is 6.26. The van der Waals surface area contributed by atoms with Crippen molar-refractivity contribution in [3.05, 3.63) is 71.1 Å². The number of nitrogens with one attached hydrogen (secondary N) is 2. The normalized spacial score (nSPS) is 11.1. The van der Waals surface area contributed by atoms with Crippen LogP contribution in [0.15, 0.2) is 43.1 Å². The second-order valence-electron chi connectivity index (χ2n) is 6.68. The van der Waals surface area contributed by atoms with Crippen molar-refractivity contribution in [1.82, 2.24) is 30.0 Å². The monoisotopic (exact) mass is 360 g/mol. The Morgan fingerprint density at radius 2 is 1.93 bits per heavy atom. The van der Waals surface area contributed by atoms with Crippen molar-refractivity contribution in [3.63, 3.8) is 0 Å². The van der Waals surface area contributed by atoms with Crippen LogP contribution >= 0.6 is 0 Å². The predicted octanol–water partition coefficient (Wildman–Crippen LogP) is 3.00. The van der Waals surface area contributed by atoms with Crippen LogP contribution < -0.4 is 5.32 Å². The SMILES string of the molecule is Cc1cc(CNC(=O)c2ccnc(-n3cnnc3)c2)c2[nH]c(C)c(C)c2c1. The number of benzene rings is 1. The average Bonchev–Trinajstić information content (AvgIpc) is 3.30. The van der Waals surface area contributed by atoms with Crippen molar-refractivity contribution in [1.29, 1.82) is 0 Å². The Labute approximate surface area is 156 Å². The van der Waals surface area contributed by atoms with Crippen LogP contribution in [0, 0.1) is 20.8 Å². The summed E-state index contributed by atoms with van der Waals surface area (Å²) >= 11 is 0. The molecule has 3 aromatic heterocycles. The van der Waals surface area contributed by atoms with Crippen LogP contribution in [0.1, 0.15) is 32.7 Å². The maximum atomic E-state index is 12.6. The Morgan fingerprint density at radius 1 is 1.15 bits per heavy atom. The Kier molecular flexibility index (Phi) is 4.19. The van der Waals surface area contributed by atoms with Crippen molar-refractivity contribution in [3.8, 4) is 5.82 Å². The van der Waals surface area contributed by atoms with Crippen LogP contribution in [0.3, 0.4) is 0 Å². The third-order valence-electron chi connectivity index (χ3n) is 4.77. The van der Waals surface area contributed by atoms with Gasteiger partial charge in [0.15, 0.2) is 0 Å². The molecule has 3 heterocycles. The molecule has 0 aliphatic heterocycles. The van der Waals surface area contributed by atoms with E-state index in [0.717, 1.165) is 16.8 Å². The molecular formula is C20H20N6O.